The van der Waals surface area contributed by atoms with Gasteiger partial charge >= 0.3 is 0 Å². The van der Waals surface area contributed by atoms with E-state index in [0.717, 1.165) is 25.5 Å². The molecule has 29 heavy (non-hydrogen) atoms. The molecule has 6 nitrogen and oxygen atoms in total. The van der Waals surface area contributed by atoms with E-state index in [0.29, 0.717) is 6.04 Å². The van der Waals surface area contributed by atoms with E-state index in [1.165, 1.54) is 70.0 Å². The largest absolute Gasteiger partial charge is 0.356 e. The van der Waals surface area contributed by atoms with Crippen molar-refractivity contribution in [3.63, 3.8) is 0 Å². The summed E-state index contributed by atoms with van der Waals surface area (Å²) in [6.07, 6.45) is 5.08. The van der Waals surface area contributed by atoms with Gasteiger partial charge in [-0.2, -0.15) is 0 Å². The molecule has 1 aromatic heterocycles. The number of guanidine groups is 1. The Balaban J connectivity index is 0.00000300. The molecule has 8 heteroatoms. The van der Waals surface area contributed by atoms with Crippen LogP contribution in [0.15, 0.2) is 22.5 Å². The van der Waals surface area contributed by atoms with Gasteiger partial charge in [0.2, 0.25) is 0 Å². The Hall–Kier alpha value is -0.420. The van der Waals surface area contributed by atoms with Crippen LogP contribution in [0.5, 0.6) is 0 Å². The number of halogens is 1. The molecular weight excluding hydrogens is 495 g/mol. The molecule has 2 aliphatic heterocycles. The molecule has 0 spiro atoms. The molecule has 0 aliphatic carbocycles. The lowest BCUT2D eigenvalue weighted by Crippen LogP contribution is -2.43. The normalized spacial score (nSPS) is 20.8. The Morgan fingerprint density at radius 1 is 1.10 bits per heavy atom. The molecule has 1 unspecified atom stereocenters. The minimum absolute atomic E-state index is 0. The van der Waals surface area contributed by atoms with E-state index in [-0.39, 0.29) is 24.0 Å². The van der Waals surface area contributed by atoms with Gasteiger partial charge in [0.05, 0.1) is 6.04 Å². The number of rotatable bonds is 8. The fourth-order valence-corrected chi connectivity index (χ4v) is 5.05. The first-order chi connectivity index (χ1) is 13.8. The molecule has 0 radical (unpaired) electrons. The van der Waals surface area contributed by atoms with Crippen molar-refractivity contribution in [2.45, 2.75) is 31.7 Å². The van der Waals surface area contributed by atoms with Crippen LogP contribution in [0, 0.1) is 0 Å². The Morgan fingerprint density at radius 2 is 1.93 bits per heavy atom. The molecule has 0 amide bonds. The van der Waals surface area contributed by atoms with Crippen LogP contribution in [-0.2, 0) is 0 Å². The molecule has 3 rings (SSSR count). The zero-order valence-electron chi connectivity index (χ0n) is 18.1. The van der Waals surface area contributed by atoms with Crippen LogP contribution in [0.2, 0.25) is 0 Å². The second-order valence-electron chi connectivity index (χ2n) is 8.01. The summed E-state index contributed by atoms with van der Waals surface area (Å²) in [5, 5.41) is 9.27. The summed E-state index contributed by atoms with van der Waals surface area (Å²) in [6.45, 7) is 10.3. The molecule has 1 aromatic rings. The minimum atomic E-state index is 0. The van der Waals surface area contributed by atoms with Gasteiger partial charge in [-0.1, -0.05) is 6.07 Å². The van der Waals surface area contributed by atoms with E-state index in [1.54, 1.807) is 0 Å². The number of likely N-dealkylation sites (N-methyl/N-ethyl adjacent to an activating group) is 1. The van der Waals surface area contributed by atoms with E-state index in [2.05, 4.69) is 54.9 Å². The van der Waals surface area contributed by atoms with Crippen molar-refractivity contribution in [1.82, 2.24) is 25.3 Å². The van der Waals surface area contributed by atoms with E-state index < -0.39 is 0 Å². The molecule has 3 heterocycles. The highest BCUT2D eigenvalue weighted by molar-refractivity contribution is 14.0. The maximum atomic E-state index is 4.44. The smallest absolute Gasteiger partial charge is 0.191 e. The second kappa shape index (κ2) is 13.8. The summed E-state index contributed by atoms with van der Waals surface area (Å²) < 4.78 is 0. The van der Waals surface area contributed by atoms with Crippen LogP contribution in [0.25, 0.3) is 0 Å². The zero-order chi connectivity index (χ0) is 19.6. The fraction of sp³-hybridized carbons (Fsp3) is 0.762. The molecule has 2 aliphatic rings. The SMILES string of the molecule is CN=C(NCCCN1CCCN(C)CC1)NCC(c1cccs1)N1CCCC1.I. The highest BCUT2D eigenvalue weighted by Gasteiger charge is 2.24. The van der Waals surface area contributed by atoms with E-state index in [1.807, 2.05) is 18.4 Å². The maximum Gasteiger partial charge on any atom is 0.191 e. The molecule has 0 bridgehead atoms. The van der Waals surface area contributed by atoms with Gasteiger partial charge in [-0.15, -0.1) is 35.3 Å². The number of hydrogen-bond donors (Lipinski definition) is 2. The monoisotopic (exact) mass is 534 g/mol. The number of aliphatic imine (C=N–C) groups is 1. The van der Waals surface area contributed by atoms with Crippen LogP contribution in [0.4, 0.5) is 0 Å². The zero-order valence-corrected chi connectivity index (χ0v) is 21.3. The lowest BCUT2D eigenvalue weighted by atomic mass is 10.2. The average molecular weight is 535 g/mol. The Kier molecular flexibility index (Phi) is 11.8. The Bertz CT molecular complexity index is 576. The second-order valence-corrected chi connectivity index (χ2v) is 8.99. The molecule has 0 saturated carbocycles. The number of hydrogen-bond acceptors (Lipinski definition) is 5. The van der Waals surface area contributed by atoms with Crippen molar-refractivity contribution in [2.24, 2.45) is 4.99 Å². The van der Waals surface area contributed by atoms with Gasteiger partial charge < -0.3 is 20.4 Å². The lowest BCUT2D eigenvalue weighted by molar-refractivity contribution is 0.249. The first-order valence-electron chi connectivity index (χ1n) is 10.9. The molecule has 2 fully saturated rings. The van der Waals surface area contributed by atoms with Gasteiger partial charge in [0.25, 0.3) is 0 Å². The van der Waals surface area contributed by atoms with E-state index in [9.17, 15) is 0 Å². The van der Waals surface area contributed by atoms with Crippen LogP contribution in [0.1, 0.15) is 36.6 Å². The van der Waals surface area contributed by atoms with Crippen molar-refractivity contribution >= 4 is 41.3 Å². The third kappa shape index (κ3) is 8.32. The third-order valence-electron chi connectivity index (χ3n) is 5.90. The van der Waals surface area contributed by atoms with Crippen molar-refractivity contribution in [1.29, 1.82) is 0 Å². The van der Waals surface area contributed by atoms with Gasteiger partial charge in [-0.3, -0.25) is 9.89 Å². The Morgan fingerprint density at radius 3 is 2.66 bits per heavy atom. The van der Waals surface area contributed by atoms with Crippen molar-refractivity contribution in [3.8, 4) is 0 Å². The highest BCUT2D eigenvalue weighted by atomic mass is 127. The third-order valence-corrected chi connectivity index (χ3v) is 6.87. The predicted octanol–water partition coefficient (Wildman–Crippen LogP) is 2.70. The van der Waals surface area contributed by atoms with Gasteiger partial charge in [-0.25, -0.2) is 0 Å². The topological polar surface area (TPSA) is 46.1 Å². The molecule has 2 saturated heterocycles. The van der Waals surface area contributed by atoms with Gasteiger partial charge in [0, 0.05) is 38.1 Å². The van der Waals surface area contributed by atoms with Crippen LogP contribution < -0.4 is 10.6 Å². The molecule has 2 N–H and O–H groups in total. The number of nitrogens with one attached hydrogen (secondary N) is 2. The summed E-state index contributed by atoms with van der Waals surface area (Å²) in [4.78, 5) is 13.5. The van der Waals surface area contributed by atoms with Gasteiger partial charge in [0.1, 0.15) is 0 Å². The van der Waals surface area contributed by atoms with E-state index in [4.69, 9.17) is 0 Å². The molecular formula is C21H39IN6S. The molecule has 1 atom stereocenters. The van der Waals surface area contributed by atoms with Crippen molar-refractivity contribution in [3.05, 3.63) is 22.4 Å². The minimum Gasteiger partial charge on any atom is -0.356 e. The summed E-state index contributed by atoms with van der Waals surface area (Å²) in [5.41, 5.74) is 0. The molecule has 166 valence electrons. The summed E-state index contributed by atoms with van der Waals surface area (Å²) in [5.74, 6) is 0.927. The average Bonchev–Trinajstić information content (AvgIpc) is 3.38. The summed E-state index contributed by atoms with van der Waals surface area (Å²) in [6, 6.07) is 4.89. The van der Waals surface area contributed by atoms with Crippen molar-refractivity contribution in [2.75, 3.05) is 73.0 Å². The van der Waals surface area contributed by atoms with Gasteiger partial charge in [0.15, 0.2) is 5.96 Å². The van der Waals surface area contributed by atoms with Gasteiger partial charge in [-0.05, 0) is 76.9 Å². The molecule has 0 aromatic carbocycles. The van der Waals surface area contributed by atoms with Crippen LogP contribution >= 0.6 is 35.3 Å². The highest BCUT2D eigenvalue weighted by Crippen LogP contribution is 2.27. The fourth-order valence-electron chi connectivity index (χ4n) is 4.19. The Labute approximate surface area is 198 Å². The maximum absolute atomic E-state index is 4.44. The van der Waals surface area contributed by atoms with Crippen molar-refractivity contribution < 1.29 is 0 Å². The number of thiophene rings is 1. The standard InChI is InChI=1S/C21H38N6S.HI/c1-22-21(23-9-6-11-26-12-7-10-25(2)15-16-26)24-18-19(20-8-5-17-28-20)27-13-3-4-14-27;/h5,8,17,19H,3-4,6-7,9-16,18H2,1-2H3,(H2,22,23,24);1H. The van der Waals surface area contributed by atoms with Crippen LogP contribution in [-0.4, -0.2) is 93.7 Å². The first-order valence-corrected chi connectivity index (χ1v) is 11.8. The lowest BCUT2D eigenvalue weighted by Gasteiger charge is -2.27. The predicted molar refractivity (Wildman–Crippen MR) is 136 cm³/mol. The number of likely N-dealkylation sites (tertiary alicyclic amines) is 1. The number of nitrogens with zero attached hydrogens (tertiary/aromatic N) is 4. The van der Waals surface area contributed by atoms with Crippen LogP contribution in [0.3, 0.4) is 0 Å². The summed E-state index contributed by atoms with van der Waals surface area (Å²) >= 11 is 1.87. The van der Waals surface area contributed by atoms with E-state index >= 15 is 0 Å². The quantitative estimate of drug-likeness (QED) is 0.233. The first kappa shape index (κ1) is 24.8. The summed E-state index contributed by atoms with van der Waals surface area (Å²) in [7, 11) is 4.10.